The number of benzene rings is 1. The van der Waals surface area contributed by atoms with Gasteiger partial charge in [0.05, 0.1) is 23.8 Å². The quantitative estimate of drug-likeness (QED) is 0.836. The summed E-state index contributed by atoms with van der Waals surface area (Å²) in [6.45, 7) is 4.79. The molecule has 0 spiro atoms. The summed E-state index contributed by atoms with van der Waals surface area (Å²) < 4.78 is 5.19. The van der Waals surface area contributed by atoms with Gasteiger partial charge in [-0.1, -0.05) is 13.8 Å². The Morgan fingerprint density at radius 1 is 1.20 bits per heavy atom. The Hall–Kier alpha value is -1.88. The maximum absolute atomic E-state index is 12.0. The molecule has 1 N–H and O–H groups in total. The van der Waals surface area contributed by atoms with Crippen LogP contribution in [0, 0.1) is 5.92 Å². The first-order chi connectivity index (χ1) is 9.45. The molecule has 1 heterocycles. The monoisotopic (exact) mass is 276 g/mol. The highest BCUT2D eigenvalue weighted by Crippen LogP contribution is 2.25. The first-order valence-electron chi connectivity index (χ1n) is 6.67. The molecule has 2 amide bonds. The largest absolute Gasteiger partial charge is 0.383 e. The number of carbonyl (C=O) groups is 2. The zero-order valence-electron chi connectivity index (χ0n) is 12.3. The van der Waals surface area contributed by atoms with Crippen molar-refractivity contribution in [3.05, 3.63) is 29.3 Å². The van der Waals surface area contributed by atoms with Gasteiger partial charge in [0, 0.05) is 19.8 Å². The second-order valence-corrected chi connectivity index (χ2v) is 5.38. The van der Waals surface area contributed by atoms with Crippen molar-refractivity contribution in [1.29, 1.82) is 0 Å². The molecule has 2 rings (SSSR count). The van der Waals surface area contributed by atoms with Gasteiger partial charge in [-0.15, -0.1) is 0 Å². The number of methoxy groups -OCH3 is 1. The van der Waals surface area contributed by atoms with Crippen LogP contribution in [0.2, 0.25) is 0 Å². The Labute approximate surface area is 118 Å². The van der Waals surface area contributed by atoms with E-state index < -0.39 is 0 Å². The number of carbonyl (C=O) groups excluding carboxylic acids is 2. The molecule has 0 bridgehead atoms. The van der Waals surface area contributed by atoms with Crippen molar-refractivity contribution >= 4 is 17.5 Å². The van der Waals surface area contributed by atoms with Gasteiger partial charge in [-0.25, -0.2) is 0 Å². The number of amides is 2. The Kier molecular flexibility index (Phi) is 4.09. The fourth-order valence-electron chi connectivity index (χ4n) is 2.25. The number of hydrogen-bond donors (Lipinski definition) is 1. The normalized spacial score (nSPS) is 15.8. The Balaban J connectivity index is 2.24. The fourth-order valence-corrected chi connectivity index (χ4v) is 2.25. The number of hydrogen-bond acceptors (Lipinski definition) is 4. The van der Waals surface area contributed by atoms with Crippen LogP contribution in [0.1, 0.15) is 34.6 Å². The number of anilines is 1. The highest BCUT2D eigenvalue weighted by Gasteiger charge is 2.32. The van der Waals surface area contributed by atoms with Gasteiger partial charge in [0.25, 0.3) is 11.8 Å². The van der Waals surface area contributed by atoms with Crippen LogP contribution in [-0.4, -0.2) is 43.5 Å². The van der Waals surface area contributed by atoms with Gasteiger partial charge in [-0.05, 0) is 24.1 Å². The van der Waals surface area contributed by atoms with Gasteiger partial charge in [0.1, 0.15) is 0 Å². The van der Waals surface area contributed by atoms with E-state index in [1.165, 1.54) is 7.05 Å². The molecule has 5 heteroatoms. The van der Waals surface area contributed by atoms with E-state index in [1.54, 1.807) is 19.2 Å². The third-order valence-corrected chi connectivity index (χ3v) is 3.59. The molecule has 1 aromatic carbocycles. The van der Waals surface area contributed by atoms with Crippen molar-refractivity contribution in [3.63, 3.8) is 0 Å². The number of imide groups is 1. The lowest BCUT2D eigenvalue weighted by Crippen LogP contribution is -2.30. The minimum absolute atomic E-state index is 0.156. The summed E-state index contributed by atoms with van der Waals surface area (Å²) in [4.78, 5) is 24.9. The molecule has 0 saturated carbocycles. The lowest BCUT2D eigenvalue weighted by Gasteiger charge is -2.22. The van der Waals surface area contributed by atoms with Crippen molar-refractivity contribution in [2.24, 2.45) is 5.92 Å². The van der Waals surface area contributed by atoms with Crippen molar-refractivity contribution in [3.8, 4) is 0 Å². The number of rotatable bonds is 5. The molecular weight excluding hydrogens is 256 g/mol. The zero-order chi connectivity index (χ0) is 14.9. The summed E-state index contributed by atoms with van der Waals surface area (Å²) in [5, 5.41) is 3.35. The van der Waals surface area contributed by atoms with Crippen molar-refractivity contribution < 1.29 is 14.3 Å². The molecular formula is C15H20N2O3. The van der Waals surface area contributed by atoms with E-state index >= 15 is 0 Å². The molecule has 0 aliphatic carbocycles. The Bertz CT molecular complexity index is 540. The van der Waals surface area contributed by atoms with Crippen molar-refractivity contribution in [2.45, 2.75) is 19.9 Å². The van der Waals surface area contributed by atoms with E-state index in [0.717, 1.165) is 10.6 Å². The van der Waals surface area contributed by atoms with Gasteiger partial charge < -0.3 is 10.1 Å². The minimum atomic E-state index is -0.249. The molecule has 1 aromatic rings. The molecule has 0 fully saturated rings. The van der Waals surface area contributed by atoms with Crippen LogP contribution >= 0.6 is 0 Å². The second-order valence-electron chi connectivity index (χ2n) is 5.38. The molecule has 1 aliphatic heterocycles. The summed E-state index contributed by atoms with van der Waals surface area (Å²) in [5.41, 5.74) is 1.76. The predicted octanol–water partition coefficient (Wildman–Crippen LogP) is 2.00. The average molecular weight is 276 g/mol. The Morgan fingerprint density at radius 3 is 2.45 bits per heavy atom. The first-order valence-corrected chi connectivity index (χ1v) is 6.67. The summed E-state index contributed by atoms with van der Waals surface area (Å²) in [6, 6.07) is 5.42. The Morgan fingerprint density at radius 2 is 1.85 bits per heavy atom. The van der Waals surface area contributed by atoms with E-state index in [9.17, 15) is 9.59 Å². The van der Waals surface area contributed by atoms with Crippen LogP contribution in [0.3, 0.4) is 0 Å². The number of fused-ring (bicyclic) bond motifs is 1. The van der Waals surface area contributed by atoms with E-state index in [4.69, 9.17) is 4.74 Å². The third kappa shape index (κ3) is 2.54. The molecule has 108 valence electrons. The van der Waals surface area contributed by atoms with Gasteiger partial charge in [0.15, 0.2) is 0 Å². The van der Waals surface area contributed by atoms with Gasteiger partial charge in [-0.3, -0.25) is 14.5 Å². The first kappa shape index (κ1) is 14.5. The van der Waals surface area contributed by atoms with Gasteiger partial charge in [-0.2, -0.15) is 0 Å². The molecule has 0 aromatic heterocycles. The predicted molar refractivity (Wildman–Crippen MR) is 77.0 cm³/mol. The molecule has 1 unspecified atom stereocenters. The maximum Gasteiger partial charge on any atom is 0.261 e. The number of ether oxygens (including phenoxy) is 1. The topological polar surface area (TPSA) is 58.6 Å². The van der Waals surface area contributed by atoms with Crippen LogP contribution in [0.15, 0.2) is 18.2 Å². The molecule has 0 radical (unpaired) electrons. The summed E-state index contributed by atoms with van der Waals surface area (Å²) in [6.07, 6.45) is 0. The van der Waals surface area contributed by atoms with Crippen LogP contribution in [0.25, 0.3) is 0 Å². The SMILES string of the molecule is COCC(Nc1ccc2c(c1)C(=O)N(C)C2=O)C(C)C. The highest BCUT2D eigenvalue weighted by atomic mass is 16.5. The number of nitrogens with zero attached hydrogens (tertiary/aromatic N) is 1. The molecule has 5 nitrogen and oxygen atoms in total. The molecule has 20 heavy (non-hydrogen) atoms. The summed E-state index contributed by atoms with van der Waals surface area (Å²) >= 11 is 0. The fraction of sp³-hybridized carbons (Fsp3) is 0.467. The third-order valence-electron chi connectivity index (χ3n) is 3.59. The zero-order valence-corrected chi connectivity index (χ0v) is 12.3. The average Bonchev–Trinajstić information content (AvgIpc) is 2.63. The molecule has 1 atom stereocenters. The van der Waals surface area contributed by atoms with Gasteiger partial charge >= 0.3 is 0 Å². The smallest absolute Gasteiger partial charge is 0.261 e. The standard InChI is InChI=1S/C15H20N2O3/c1-9(2)13(8-20-4)16-10-5-6-11-12(7-10)15(19)17(3)14(11)18/h5-7,9,13,16H,8H2,1-4H3. The van der Waals surface area contributed by atoms with E-state index in [-0.39, 0.29) is 17.9 Å². The van der Waals surface area contributed by atoms with Crippen LogP contribution < -0.4 is 5.32 Å². The molecule has 0 saturated heterocycles. The van der Waals surface area contributed by atoms with Crippen molar-refractivity contribution in [1.82, 2.24) is 4.90 Å². The van der Waals surface area contributed by atoms with Crippen LogP contribution in [0.4, 0.5) is 5.69 Å². The van der Waals surface area contributed by atoms with E-state index in [0.29, 0.717) is 23.7 Å². The lowest BCUT2D eigenvalue weighted by atomic mass is 10.0. The number of nitrogens with one attached hydrogen (secondary N) is 1. The van der Waals surface area contributed by atoms with Crippen molar-refractivity contribution in [2.75, 3.05) is 26.1 Å². The van der Waals surface area contributed by atoms with E-state index in [2.05, 4.69) is 19.2 Å². The van der Waals surface area contributed by atoms with Gasteiger partial charge in [0.2, 0.25) is 0 Å². The highest BCUT2D eigenvalue weighted by molar-refractivity contribution is 6.21. The van der Waals surface area contributed by atoms with Crippen LogP contribution in [0.5, 0.6) is 0 Å². The second kappa shape index (κ2) is 5.63. The van der Waals surface area contributed by atoms with Crippen LogP contribution in [-0.2, 0) is 4.74 Å². The summed E-state index contributed by atoms with van der Waals surface area (Å²) in [7, 11) is 3.16. The van der Waals surface area contributed by atoms with E-state index in [1.807, 2.05) is 6.07 Å². The lowest BCUT2D eigenvalue weighted by molar-refractivity contribution is 0.0693. The maximum atomic E-state index is 12.0. The molecule has 1 aliphatic rings. The summed E-state index contributed by atoms with van der Waals surface area (Å²) in [5.74, 6) is -0.0986. The minimum Gasteiger partial charge on any atom is -0.383 e.